The molecule has 0 aromatic carbocycles. The summed E-state index contributed by atoms with van der Waals surface area (Å²) in [6.07, 6.45) is 2.81. The van der Waals surface area contributed by atoms with E-state index in [-0.39, 0.29) is 29.7 Å². The van der Waals surface area contributed by atoms with E-state index in [1.165, 1.54) is 23.3 Å². The molecular formula is C11H13N5O3. The van der Waals surface area contributed by atoms with E-state index in [1.807, 2.05) is 0 Å². The third-order valence-corrected chi connectivity index (χ3v) is 2.16. The average molecular weight is 263 g/mol. The molecule has 0 spiro atoms. The second-order valence-corrected chi connectivity index (χ2v) is 3.63. The van der Waals surface area contributed by atoms with Crippen LogP contribution in [0.15, 0.2) is 18.6 Å². The summed E-state index contributed by atoms with van der Waals surface area (Å²) in [6.45, 7) is 1.96. The molecule has 0 unspecified atom stereocenters. The van der Waals surface area contributed by atoms with E-state index in [9.17, 15) is 4.79 Å². The minimum Gasteiger partial charge on any atom is -0.462 e. The minimum absolute atomic E-state index is 0.111. The number of aromatic nitrogens is 4. The van der Waals surface area contributed by atoms with Crippen LogP contribution in [0.25, 0.3) is 0 Å². The SMILES string of the molecule is CCOC(=O)c1cc(N)ncc1Oc1ncn(C)n1. The predicted molar refractivity (Wildman–Crippen MR) is 65.7 cm³/mol. The number of nitrogens with zero attached hydrogens (tertiary/aromatic N) is 4. The summed E-state index contributed by atoms with van der Waals surface area (Å²) in [5, 5.41) is 3.95. The molecule has 0 fully saturated rings. The lowest BCUT2D eigenvalue weighted by atomic mass is 10.2. The number of esters is 1. The first-order valence-corrected chi connectivity index (χ1v) is 5.56. The lowest BCUT2D eigenvalue weighted by Crippen LogP contribution is -2.08. The van der Waals surface area contributed by atoms with E-state index in [1.54, 1.807) is 14.0 Å². The highest BCUT2D eigenvalue weighted by molar-refractivity contribution is 5.93. The summed E-state index contributed by atoms with van der Waals surface area (Å²) in [5.41, 5.74) is 5.73. The van der Waals surface area contributed by atoms with E-state index in [2.05, 4.69) is 15.1 Å². The Bertz CT molecular complexity index is 596. The summed E-state index contributed by atoms with van der Waals surface area (Å²) >= 11 is 0. The van der Waals surface area contributed by atoms with Crippen LogP contribution in [-0.4, -0.2) is 32.3 Å². The first kappa shape index (κ1) is 12.8. The first-order chi connectivity index (χ1) is 9.10. The van der Waals surface area contributed by atoms with E-state index in [0.717, 1.165) is 0 Å². The van der Waals surface area contributed by atoms with Crippen LogP contribution in [0.4, 0.5) is 5.82 Å². The van der Waals surface area contributed by atoms with Gasteiger partial charge in [-0.3, -0.25) is 4.68 Å². The minimum atomic E-state index is -0.539. The Hall–Kier alpha value is -2.64. The van der Waals surface area contributed by atoms with Gasteiger partial charge < -0.3 is 15.2 Å². The van der Waals surface area contributed by atoms with Gasteiger partial charge in [-0.1, -0.05) is 0 Å². The highest BCUT2D eigenvalue weighted by Gasteiger charge is 2.17. The van der Waals surface area contributed by atoms with Gasteiger partial charge in [0.2, 0.25) is 0 Å². The Kier molecular flexibility index (Phi) is 3.60. The Morgan fingerprint density at radius 2 is 2.26 bits per heavy atom. The maximum Gasteiger partial charge on any atom is 0.342 e. The summed E-state index contributed by atoms with van der Waals surface area (Å²) in [5.74, 6) is -0.147. The molecule has 19 heavy (non-hydrogen) atoms. The number of nitrogen functional groups attached to an aromatic ring is 1. The van der Waals surface area contributed by atoms with E-state index < -0.39 is 5.97 Å². The van der Waals surface area contributed by atoms with Gasteiger partial charge in [-0.05, 0) is 13.0 Å². The van der Waals surface area contributed by atoms with Crippen molar-refractivity contribution in [3.63, 3.8) is 0 Å². The third kappa shape index (κ3) is 2.97. The second-order valence-electron chi connectivity index (χ2n) is 3.63. The van der Waals surface area contributed by atoms with E-state index in [4.69, 9.17) is 15.2 Å². The molecule has 0 saturated heterocycles. The number of anilines is 1. The first-order valence-electron chi connectivity index (χ1n) is 5.56. The lowest BCUT2D eigenvalue weighted by molar-refractivity contribution is 0.0523. The summed E-state index contributed by atoms with van der Waals surface area (Å²) in [4.78, 5) is 19.5. The number of rotatable bonds is 4. The average Bonchev–Trinajstić information content (AvgIpc) is 2.77. The van der Waals surface area contributed by atoms with Gasteiger partial charge in [-0.15, -0.1) is 5.10 Å². The Labute approximate surface area is 109 Å². The number of ether oxygens (including phenoxy) is 2. The number of nitrogens with two attached hydrogens (primary N) is 1. The molecule has 2 aromatic rings. The van der Waals surface area contributed by atoms with Gasteiger partial charge >= 0.3 is 12.0 Å². The highest BCUT2D eigenvalue weighted by Crippen LogP contribution is 2.24. The molecule has 0 aliphatic carbocycles. The van der Waals surface area contributed by atoms with Crippen LogP contribution in [0.3, 0.4) is 0 Å². The van der Waals surface area contributed by atoms with Gasteiger partial charge in [-0.2, -0.15) is 4.98 Å². The van der Waals surface area contributed by atoms with E-state index in [0.29, 0.717) is 0 Å². The zero-order valence-corrected chi connectivity index (χ0v) is 10.5. The molecule has 2 heterocycles. The third-order valence-electron chi connectivity index (χ3n) is 2.16. The molecule has 0 amide bonds. The largest absolute Gasteiger partial charge is 0.462 e. The monoisotopic (exact) mass is 263 g/mol. The van der Waals surface area contributed by atoms with Crippen molar-refractivity contribution < 1.29 is 14.3 Å². The fraction of sp³-hybridized carbons (Fsp3) is 0.273. The molecule has 2 N–H and O–H groups in total. The number of hydrogen-bond donors (Lipinski definition) is 1. The highest BCUT2D eigenvalue weighted by atomic mass is 16.5. The predicted octanol–water partition coefficient (Wildman–Crippen LogP) is 0.761. The van der Waals surface area contributed by atoms with Gasteiger partial charge in [0, 0.05) is 7.05 Å². The van der Waals surface area contributed by atoms with Crippen molar-refractivity contribution in [2.24, 2.45) is 7.05 Å². The van der Waals surface area contributed by atoms with Gasteiger partial charge in [0.1, 0.15) is 17.7 Å². The molecule has 0 aliphatic rings. The summed E-state index contributed by atoms with van der Waals surface area (Å²) in [6, 6.07) is 1.50. The van der Waals surface area contributed by atoms with Gasteiger partial charge in [0.15, 0.2) is 5.75 Å². The van der Waals surface area contributed by atoms with E-state index >= 15 is 0 Å². The van der Waals surface area contributed by atoms with Crippen molar-refractivity contribution >= 4 is 11.8 Å². The second kappa shape index (κ2) is 5.34. The normalized spacial score (nSPS) is 10.2. The van der Waals surface area contributed by atoms with Crippen LogP contribution in [0.2, 0.25) is 0 Å². The smallest absolute Gasteiger partial charge is 0.342 e. The molecule has 0 bridgehead atoms. The number of carbonyl (C=O) groups excluding carboxylic acids is 1. The standard InChI is InChI=1S/C11H13N5O3/c1-3-18-10(17)7-4-9(12)13-5-8(7)19-11-14-6-16(2)15-11/h4-6H,3H2,1-2H3,(H2,12,13). The number of pyridine rings is 1. The van der Waals surface area contributed by atoms with Crippen molar-refractivity contribution in [3.05, 3.63) is 24.2 Å². The van der Waals surface area contributed by atoms with Gasteiger partial charge in [0.25, 0.3) is 0 Å². The van der Waals surface area contributed by atoms with Crippen molar-refractivity contribution in [1.29, 1.82) is 0 Å². The van der Waals surface area contributed by atoms with Crippen molar-refractivity contribution in [1.82, 2.24) is 19.7 Å². The molecule has 8 nitrogen and oxygen atoms in total. The molecule has 0 aliphatic heterocycles. The van der Waals surface area contributed by atoms with Crippen LogP contribution in [0, 0.1) is 0 Å². The quantitative estimate of drug-likeness (QED) is 0.812. The molecule has 0 radical (unpaired) electrons. The van der Waals surface area contributed by atoms with Crippen LogP contribution >= 0.6 is 0 Å². The van der Waals surface area contributed by atoms with Crippen LogP contribution in [-0.2, 0) is 11.8 Å². The van der Waals surface area contributed by atoms with Crippen LogP contribution in [0.1, 0.15) is 17.3 Å². The lowest BCUT2D eigenvalue weighted by Gasteiger charge is -2.08. The Morgan fingerprint density at radius 3 is 2.89 bits per heavy atom. The summed E-state index contributed by atoms with van der Waals surface area (Å²) in [7, 11) is 1.70. The van der Waals surface area contributed by atoms with Crippen molar-refractivity contribution in [2.75, 3.05) is 12.3 Å². The zero-order chi connectivity index (χ0) is 13.8. The Morgan fingerprint density at radius 1 is 1.47 bits per heavy atom. The van der Waals surface area contributed by atoms with Crippen LogP contribution < -0.4 is 10.5 Å². The Balaban J connectivity index is 2.31. The maximum absolute atomic E-state index is 11.8. The molecule has 8 heteroatoms. The number of aryl methyl sites for hydroxylation is 1. The molecule has 0 saturated carbocycles. The number of hydrogen-bond acceptors (Lipinski definition) is 7. The molecular weight excluding hydrogens is 250 g/mol. The molecule has 2 rings (SSSR count). The number of carbonyl (C=O) groups is 1. The topological polar surface area (TPSA) is 105 Å². The zero-order valence-electron chi connectivity index (χ0n) is 10.5. The van der Waals surface area contributed by atoms with Crippen LogP contribution in [0.5, 0.6) is 11.8 Å². The van der Waals surface area contributed by atoms with Crippen molar-refractivity contribution in [2.45, 2.75) is 6.92 Å². The fourth-order valence-corrected chi connectivity index (χ4v) is 1.37. The van der Waals surface area contributed by atoms with Gasteiger partial charge in [0.05, 0.1) is 12.8 Å². The maximum atomic E-state index is 11.8. The van der Waals surface area contributed by atoms with Crippen molar-refractivity contribution in [3.8, 4) is 11.8 Å². The molecule has 2 aromatic heterocycles. The van der Waals surface area contributed by atoms with Gasteiger partial charge in [-0.25, -0.2) is 9.78 Å². The molecule has 0 atom stereocenters. The summed E-state index contributed by atoms with van der Waals surface area (Å²) < 4.78 is 11.8. The fourth-order valence-electron chi connectivity index (χ4n) is 1.37. The molecule has 100 valence electrons.